The standard InChI is InChI=1S/C26H27N5O2S2/c1-14-4-6-17(7-5-14)23-21(29-16(3)35-23)25(33)31-19-9-8-18(12-19)20(31)13-27-24(32)22-15(2)28-26-30(22)10-11-34-26/h4-7,10-11,18-20H,8-9,12-13H2,1-3H3,(H,27,32)/t18-,19+,20+/m0/s1. The maximum absolute atomic E-state index is 13.9. The molecule has 2 bridgehead atoms. The van der Waals surface area contributed by atoms with Crippen molar-refractivity contribution in [1.82, 2.24) is 24.6 Å². The molecule has 35 heavy (non-hydrogen) atoms. The van der Waals surface area contributed by atoms with Crippen molar-refractivity contribution in [2.24, 2.45) is 5.92 Å². The first-order chi connectivity index (χ1) is 16.9. The van der Waals surface area contributed by atoms with Crippen molar-refractivity contribution in [2.75, 3.05) is 6.54 Å². The molecule has 2 aliphatic rings. The summed E-state index contributed by atoms with van der Waals surface area (Å²) in [7, 11) is 0. The van der Waals surface area contributed by atoms with E-state index in [-0.39, 0.29) is 23.9 Å². The number of aromatic nitrogens is 3. The third-order valence-electron chi connectivity index (χ3n) is 7.35. The van der Waals surface area contributed by atoms with Gasteiger partial charge in [0.05, 0.1) is 21.6 Å². The van der Waals surface area contributed by atoms with Crippen LogP contribution in [-0.2, 0) is 0 Å². The van der Waals surface area contributed by atoms with Gasteiger partial charge in [-0.15, -0.1) is 22.7 Å². The van der Waals surface area contributed by atoms with E-state index in [2.05, 4.69) is 46.5 Å². The Labute approximate surface area is 211 Å². The molecule has 0 unspecified atom stereocenters. The number of thiazole rings is 2. The van der Waals surface area contributed by atoms with E-state index in [1.54, 1.807) is 11.3 Å². The second kappa shape index (κ2) is 8.57. The summed E-state index contributed by atoms with van der Waals surface area (Å²) in [5.41, 5.74) is 4.03. The van der Waals surface area contributed by atoms with E-state index in [1.165, 1.54) is 16.9 Å². The van der Waals surface area contributed by atoms with Gasteiger partial charge in [-0.25, -0.2) is 9.97 Å². The minimum atomic E-state index is -0.145. The topological polar surface area (TPSA) is 79.6 Å². The molecule has 180 valence electrons. The number of hydrogen-bond acceptors (Lipinski definition) is 6. The maximum Gasteiger partial charge on any atom is 0.274 e. The molecule has 2 amide bonds. The van der Waals surface area contributed by atoms with Crippen LogP contribution in [0.15, 0.2) is 35.8 Å². The molecule has 1 N–H and O–H groups in total. The van der Waals surface area contributed by atoms with Crippen LogP contribution in [0.3, 0.4) is 0 Å². The summed E-state index contributed by atoms with van der Waals surface area (Å²) >= 11 is 3.07. The third kappa shape index (κ3) is 3.77. The summed E-state index contributed by atoms with van der Waals surface area (Å²) in [6, 6.07) is 8.44. The van der Waals surface area contributed by atoms with Crippen molar-refractivity contribution in [3.05, 3.63) is 63.5 Å². The molecule has 0 spiro atoms. The summed E-state index contributed by atoms with van der Waals surface area (Å²) in [6.45, 7) is 6.30. The Kier molecular flexibility index (Phi) is 5.49. The van der Waals surface area contributed by atoms with Gasteiger partial charge in [-0.2, -0.15) is 0 Å². The number of piperidine rings is 1. The van der Waals surface area contributed by atoms with Gasteiger partial charge in [-0.1, -0.05) is 29.8 Å². The highest BCUT2D eigenvalue weighted by Crippen LogP contribution is 2.44. The van der Waals surface area contributed by atoms with Crippen LogP contribution in [0.5, 0.6) is 0 Å². The fourth-order valence-electron chi connectivity index (χ4n) is 5.72. The molecular weight excluding hydrogens is 478 g/mol. The monoisotopic (exact) mass is 505 g/mol. The number of likely N-dealkylation sites (tertiary alicyclic amines) is 1. The van der Waals surface area contributed by atoms with Gasteiger partial charge in [0.2, 0.25) is 0 Å². The number of carbonyl (C=O) groups excluding carboxylic acids is 2. The molecule has 3 atom stereocenters. The molecule has 1 saturated heterocycles. The summed E-state index contributed by atoms with van der Waals surface area (Å²) in [5, 5.41) is 5.93. The van der Waals surface area contributed by atoms with Crippen LogP contribution in [0.4, 0.5) is 0 Å². The van der Waals surface area contributed by atoms with Crippen LogP contribution in [0, 0.1) is 26.7 Å². The third-order valence-corrected chi connectivity index (χ3v) is 9.13. The first-order valence-corrected chi connectivity index (χ1v) is 13.7. The Morgan fingerprint density at radius 1 is 1.11 bits per heavy atom. The normalized spacial score (nSPS) is 21.2. The predicted octanol–water partition coefficient (Wildman–Crippen LogP) is 4.87. The van der Waals surface area contributed by atoms with Gasteiger partial charge in [-0.3, -0.25) is 14.0 Å². The lowest BCUT2D eigenvalue weighted by molar-refractivity contribution is 0.0577. The number of carbonyl (C=O) groups is 2. The summed E-state index contributed by atoms with van der Waals surface area (Å²) in [5.74, 6) is 0.241. The summed E-state index contributed by atoms with van der Waals surface area (Å²) < 4.78 is 1.84. The van der Waals surface area contributed by atoms with Crippen molar-refractivity contribution < 1.29 is 9.59 Å². The minimum Gasteiger partial charge on any atom is -0.349 e. The summed E-state index contributed by atoms with van der Waals surface area (Å²) in [6.07, 6.45) is 4.98. The predicted molar refractivity (Wildman–Crippen MR) is 138 cm³/mol. The lowest BCUT2D eigenvalue weighted by Crippen LogP contribution is -2.50. The number of imidazole rings is 1. The molecule has 2 fully saturated rings. The van der Waals surface area contributed by atoms with Crippen LogP contribution in [0.1, 0.15) is 56.5 Å². The van der Waals surface area contributed by atoms with Gasteiger partial charge >= 0.3 is 0 Å². The average molecular weight is 506 g/mol. The van der Waals surface area contributed by atoms with E-state index in [0.29, 0.717) is 23.9 Å². The van der Waals surface area contributed by atoms with Crippen molar-refractivity contribution >= 4 is 39.4 Å². The highest BCUT2D eigenvalue weighted by Gasteiger charge is 2.49. The second-order valence-corrected chi connectivity index (χ2v) is 11.7. The number of nitrogens with zero attached hydrogens (tertiary/aromatic N) is 4. The number of fused-ring (bicyclic) bond motifs is 3. The van der Waals surface area contributed by atoms with Crippen molar-refractivity contribution in [3.8, 4) is 10.4 Å². The molecule has 1 aliphatic heterocycles. The Hall–Kier alpha value is -3.04. The van der Waals surface area contributed by atoms with E-state index in [9.17, 15) is 9.59 Å². The molecule has 3 aromatic heterocycles. The molecule has 1 aromatic carbocycles. The van der Waals surface area contributed by atoms with Crippen LogP contribution >= 0.6 is 22.7 Å². The van der Waals surface area contributed by atoms with Crippen molar-refractivity contribution in [3.63, 3.8) is 0 Å². The number of aryl methyl sites for hydroxylation is 3. The fourth-order valence-corrected chi connectivity index (χ4v) is 7.39. The van der Waals surface area contributed by atoms with E-state index in [1.807, 2.05) is 34.7 Å². The average Bonchev–Trinajstić information content (AvgIpc) is 3.64. The zero-order valence-corrected chi connectivity index (χ0v) is 21.6. The lowest BCUT2D eigenvalue weighted by Gasteiger charge is -2.35. The number of benzene rings is 1. The molecule has 6 rings (SSSR count). The highest BCUT2D eigenvalue weighted by atomic mass is 32.1. The second-order valence-electron chi connectivity index (χ2n) is 9.59. The fraction of sp³-hybridized carbons (Fsp3) is 0.385. The van der Waals surface area contributed by atoms with Crippen LogP contribution in [0.25, 0.3) is 15.4 Å². The van der Waals surface area contributed by atoms with Gasteiger partial charge < -0.3 is 10.2 Å². The largest absolute Gasteiger partial charge is 0.349 e. The Morgan fingerprint density at radius 2 is 1.91 bits per heavy atom. The molecule has 1 aliphatic carbocycles. The molecule has 4 aromatic rings. The smallest absolute Gasteiger partial charge is 0.274 e. The van der Waals surface area contributed by atoms with Crippen molar-refractivity contribution in [1.29, 1.82) is 0 Å². The highest BCUT2D eigenvalue weighted by molar-refractivity contribution is 7.15. The zero-order chi connectivity index (χ0) is 24.3. The molecular formula is C26H27N5O2S2. The number of rotatable bonds is 5. The van der Waals surface area contributed by atoms with E-state index < -0.39 is 0 Å². The van der Waals surface area contributed by atoms with Gasteiger partial charge in [-0.05, 0) is 51.5 Å². The van der Waals surface area contributed by atoms with Gasteiger partial charge in [0, 0.05) is 24.2 Å². The van der Waals surface area contributed by atoms with E-state index >= 15 is 0 Å². The first kappa shape index (κ1) is 22.4. The van der Waals surface area contributed by atoms with Crippen LogP contribution in [-0.4, -0.2) is 49.7 Å². The van der Waals surface area contributed by atoms with Gasteiger partial charge in [0.25, 0.3) is 11.8 Å². The number of hydrogen-bond donors (Lipinski definition) is 1. The van der Waals surface area contributed by atoms with Gasteiger partial charge in [0.1, 0.15) is 11.4 Å². The molecule has 1 saturated carbocycles. The summed E-state index contributed by atoms with van der Waals surface area (Å²) in [4.78, 5) is 40.0. The maximum atomic E-state index is 13.9. The quantitative estimate of drug-likeness (QED) is 0.420. The lowest BCUT2D eigenvalue weighted by atomic mass is 9.98. The zero-order valence-electron chi connectivity index (χ0n) is 19.9. The molecule has 4 heterocycles. The van der Waals surface area contributed by atoms with E-state index in [4.69, 9.17) is 0 Å². The Balaban J connectivity index is 1.26. The van der Waals surface area contributed by atoms with Crippen molar-refractivity contribution in [2.45, 2.75) is 52.1 Å². The Bertz CT molecular complexity index is 1430. The van der Waals surface area contributed by atoms with E-state index in [0.717, 1.165) is 45.4 Å². The van der Waals surface area contributed by atoms with Gasteiger partial charge in [0.15, 0.2) is 4.96 Å². The first-order valence-electron chi connectivity index (χ1n) is 12.0. The molecule has 7 nitrogen and oxygen atoms in total. The van der Waals surface area contributed by atoms with Crippen LogP contribution in [0.2, 0.25) is 0 Å². The minimum absolute atomic E-state index is 0.0165. The Morgan fingerprint density at radius 3 is 2.71 bits per heavy atom. The number of amides is 2. The molecule has 9 heteroatoms. The SMILES string of the molecule is Cc1ccc(-c2sc(C)nc2C(=O)N2[C@@H]3CC[C@@H](C3)[C@H]2CNC(=O)c2c(C)nc3sccn23)cc1. The molecule has 0 radical (unpaired) electrons. The van der Waals surface area contributed by atoms with Crippen LogP contribution < -0.4 is 5.32 Å². The number of nitrogens with one attached hydrogen (secondary N) is 1.